The molecule has 1 aromatic carbocycles. The summed E-state index contributed by atoms with van der Waals surface area (Å²) in [6.45, 7) is 6.26. The first kappa shape index (κ1) is 20.5. The number of nitriles is 1. The molecule has 0 atom stereocenters. The topological polar surface area (TPSA) is 82.2 Å². The molecule has 30 heavy (non-hydrogen) atoms. The number of rotatable bonds is 6. The number of sulfonamides is 1. The standard InChI is InChI=1S/C22H25N5O2S/c1-2-26-17-19(21-4-3-10-24-22(21)26)9-11-25-12-14-27(15-13-25)30(28,29)20-7-5-18(16-23)6-8-20/h3-8,10,17H,2,9,11-15H2,1H3. The SMILES string of the molecule is CCn1cc(CCN2CCN(S(=O)(=O)c3ccc(C#N)cc3)CC2)c2cccnc21. The second-order valence-electron chi connectivity index (χ2n) is 7.45. The molecule has 7 nitrogen and oxygen atoms in total. The number of nitrogens with zero attached hydrogens (tertiary/aromatic N) is 5. The number of aryl methyl sites for hydroxylation is 1. The Morgan fingerprint density at radius 3 is 2.50 bits per heavy atom. The molecule has 1 saturated heterocycles. The maximum Gasteiger partial charge on any atom is 0.243 e. The van der Waals surface area contributed by atoms with Crippen LogP contribution < -0.4 is 0 Å². The first-order valence-corrected chi connectivity index (χ1v) is 11.6. The molecule has 156 valence electrons. The third-order valence-electron chi connectivity index (χ3n) is 5.71. The van der Waals surface area contributed by atoms with Crippen molar-refractivity contribution in [2.45, 2.75) is 24.8 Å². The van der Waals surface area contributed by atoms with E-state index in [0.717, 1.165) is 25.2 Å². The minimum atomic E-state index is -3.52. The van der Waals surface area contributed by atoms with Crippen molar-refractivity contribution >= 4 is 21.1 Å². The normalized spacial score (nSPS) is 16.0. The summed E-state index contributed by atoms with van der Waals surface area (Å²) in [6, 6.07) is 12.2. The van der Waals surface area contributed by atoms with Crippen LogP contribution in [-0.2, 0) is 23.0 Å². The molecule has 8 heteroatoms. The molecule has 2 aromatic heterocycles. The zero-order valence-corrected chi connectivity index (χ0v) is 17.8. The summed E-state index contributed by atoms with van der Waals surface area (Å²) in [7, 11) is -3.52. The third kappa shape index (κ3) is 3.97. The summed E-state index contributed by atoms with van der Waals surface area (Å²) in [4.78, 5) is 7.06. The summed E-state index contributed by atoms with van der Waals surface area (Å²) in [6.07, 6.45) is 4.92. The molecule has 0 spiro atoms. The molecule has 0 saturated carbocycles. The van der Waals surface area contributed by atoms with Gasteiger partial charge in [-0.15, -0.1) is 0 Å². The Balaban J connectivity index is 1.38. The van der Waals surface area contributed by atoms with E-state index in [-0.39, 0.29) is 4.90 Å². The van der Waals surface area contributed by atoms with E-state index in [9.17, 15) is 8.42 Å². The maximum atomic E-state index is 12.9. The van der Waals surface area contributed by atoms with Crippen LogP contribution in [0.4, 0.5) is 0 Å². The molecule has 0 unspecified atom stereocenters. The monoisotopic (exact) mass is 423 g/mol. The number of piperazine rings is 1. The molecule has 1 fully saturated rings. The molecule has 4 rings (SSSR count). The van der Waals surface area contributed by atoms with Crippen molar-refractivity contribution in [3.05, 3.63) is 59.9 Å². The highest BCUT2D eigenvalue weighted by atomic mass is 32.2. The second kappa shape index (κ2) is 8.56. The Hall–Kier alpha value is -2.73. The van der Waals surface area contributed by atoms with Crippen molar-refractivity contribution in [1.29, 1.82) is 5.26 Å². The predicted octanol–water partition coefficient (Wildman–Crippen LogP) is 2.48. The minimum absolute atomic E-state index is 0.245. The Bertz CT molecular complexity index is 1170. The van der Waals surface area contributed by atoms with Gasteiger partial charge >= 0.3 is 0 Å². The van der Waals surface area contributed by atoms with E-state index in [1.54, 1.807) is 12.1 Å². The summed E-state index contributed by atoms with van der Waals surface area (Å²) in [5.41, 5.74) is 2.76. The highest BCUT2D eigenvalue weighted by Crippen LogP contribution is 2.21. The largest absolute Gasteiger partial charge is 0.333 e. The maximum absolute atomic E-state index is 12.9. The van der Waals surface area contributed by atoms with E-state index in [0.29, 0.717) is 31.7 Å². The summed E-state index contributed by atoms with van der Waals surface area (Å²) in [5.74, 6) is 0. The molecule has 0 amide bonds. The van der Waals surface area contributed by atoms with Crippen LogP contribution in [0.3, 0.4) is 0 Å². The summed E-state index contributed by atoms with van der Waals surface area (Å²) in [5, 5.41) is 10.1. The summed E-state index contributed by atoms with van der Waals surface area (Å²) < 4.78 is 29.5. The van der Waals surface area contributed by atoms with Crippen LogP contribution in [0.5, 0.6) is 0 Å². The minimum Gasteiger partial charge on any atom is -0.333 e. The van der Waals surface area contributed by atoms with E-state index in [1.807, 2.05) is 18.3 Å². The molecule has 0 radical (unpaired) electrons. The number of benzene rings is 1. The zero-order chi connectivity index (χ0) is 21.1. The zero-order valence-electron chi connectivity index (χ0n) is 17.0. The lowest BCUT2D eigenvalue weighted by atomic mass is 10.1. The van der Waals surface area contributed by atoms with Crippen LogP contribution in [0.2, 0.25) is 0 Å². The number of pyridine rings is 1. The Labute approximate surface area is 177 Å². The molecule has 0 N–H and O–H groups in total. The lowest BCUT2D eigenvalue weighted by Gasteiger charge is -2.34. The number of fused-ring (bicyclic) bond motifs is 1. The fourth-order valence-corrected chi connectivity index (χ4v) is 5.38. The molecular formula is C22H25N5O2S. The average Bonchev–Trinajstić information content (AvgIpc) is 3.16. The van der Waals surface area contributed by atoms with Crippen LogP contribution in [0.1, 0.15) is 18.1 Å². The average molecular weight is 424 g/mol. The first-order valence-electron chi connectivity index (χ1n) is 10.2. The van der Waals surface area contributed by atoms with Gasteiger partial charge in [0.15, 0.2) is 0 Å². The highest BCUT2D eigenvalue weighted by Gasteiger charge is 2.28. The van der Waals surface area contributed by atoms with Gasteiger partial charge < -0.3 is 9.47 Å². The number of hydrogen-bond donors (Lipinski definition) is 0. The van der Waals surface area contributed by atoms with Gasteiger partial charge in [0.2, 0.25) is 10.0 Å². The lowest BCUT2D eigenvalue weighted by molar-refractivity contribution is 0.190. The van der Waals surface area contributed by atoms with Crippen LogP contribution in [0.15, 0.2) is 53.7 Å². The third-order valence-corrected chi connectivity index (χ3v) is 7.62. The van der Waals surface area contributed by atoms with Gasteiger partial charge in [-0.25, -0.2) is 13.4 Å². The molecule has 0 bridgehead atoms. The Morgan fingerprint density at radius 2 is 1.83 bits per heavy atom. The van der Waals surface area contributed by atoms with Crippen LogP contribution >= 0.6 is 0 Å². The predicted molar refractivity (Wildman–Crippen MR) is 115 cm³/mol. The molecule has 1 aliphatic heterocycles. The van der Waals surface area contributed by atoms with Crippen LogP contribution in [0, 0.1) is 11.3 Å². The number of aromatic nitrogens is 2. The number of hydrogen-bond acceptors (Lipinski definition) is 5. The molecule has 3 aromatic rings. The molecule has 1 aliphatic rings. The van der Waals surface area contributed by atoms with Gasteiger partial charge in [0.05, 0.1) is 16.5 Å². The van der Waals surface area contributed by atoms with E-state index in [4.69, 9.17) is 5.26 Å². The van der Waals surface area contributed by atoms with Gasteiger partial charge in [0.1, 0.15) is 5.65 Å². The van der Waals surface area contributed by atoms with Crippen molar-refractivity contribution in [1.82, 2.24) is 18.8 Å². The Kier molecular flexibility index (Phi) is 5.86. The Morgan fingerprint density at radius 1 is 1.10 bits per heavy atom. The van der Waals surface area contributed by atoms with E-state index in [1.165, 1.54) is 27.4 Å². The fraction of sp³-hybridized carbons (Fsp3) is 0.364. The summed E-state index contributed by atoms with van der Waals surface area (Å²) >= 11 is 0. The quantitative estimate of drug-likeness (QED) is 0.608. The second-order valence-corrected chi connectivity index (χ2v) is 9.38. The fourth-order valence-electron chi connectivity index (χ4n) is 3.96. The van der Waals surface area contributed by atoms with Crippen molar-refractivity contribution in [3.8, 4) is 6.07 Å². The van der Waals surface area contributed by atoms with Crippen molar-refractivity contribution in [3.63, 3.8) is 0 Å². The van der Waals surface area contributed by atoms with Crippen LogP contribution in [-0.4, -0.2) is 59.9 Å². The van der Waals surface area contributed by atoms with Gasteiger partial charge in [0.25, 0.3) is 0 Å². The van der Waals surface area contributed by atoms with Gasteiger partial charge in [-0.2, -0.15) is 9.57 Å². The van der Waals surface area contributed by atoms with Gasteiger partial charge in [-0.1, -0.05) is 0 Å². The van der Waals surface area contributed by atoms with E-state index in [2.05, 4.69) is 33.6 Å². The highest BCUT2D eigenvalue weighted by molar-refractivity contribution is 7.89. The van der Waals surface area contributed by atoms with Crippen molar-refractivity contribution < 1.29 is 8.42 Å². The molecule has 0 aliphatic carbocycles. The molecular weight excluding hydrogens is 398 g/mol. The smallest absolute Gasteiger partial charge is 0.243 e. The first-order chi connectivity index (χ1) is 14.5. The van der Waals surface area contributed by atoms with Crippen molar-refractivity contribution in [2.24, 2.45) is 0 Å². The lowest BCUT2D eigenvalue weighted by Crippen LogP contribution is -2.48. The van der Waals surface area contributed by atoms with Crippen LogP contribution in [0.25, 0.3) is 11.0 Å². The van der Waals surface area contributed by atoms with Gasteiger partial charge in [-0.05, 0) is 55.3 Å². The van der Waals surface area contributed by atoms with Gasteiger partial charge in [0, 0.05) is 57.0 Å². The van der Waals surface area contributed by atoms with E-state index >= 15 is 0 Å². The van der Waals surface area contributed by atoms with Crippen molar-refractivity contribution in [2.75, 3.05) is 32.7 Å². The molecule has 3 heterocycles. The van der Waals surface area contributed by atoms with Gasteiger partial charge in [-0.3, -0.25) is 0 Å². The van der Waals surface area contributed by atoms with E-state index < -0.39 is 10.0 Å².